The Morgan fingerprint density at radius 2 is 1.82 bits per heavy atom. The summed E-state index contributed by atoms with van der Waals surface area (Å²) in [7, 11) is 0. The van der Waals surface area contributed by atoms with Gasteiger partial charge in [-0.05, 0) is 36.6 Å². The largest absolute Gasteiger partial charge is 0.343 e. The number of rotatable bonds is 1. The molecular weight excluding hydrogens is 294 g/mol. The van der Waals surface area contributed by atoms with Crippen LogP contribution < -0.4 is 5.32 Å². The van der Waals surface area contributed by atoms with Crippen molar-refractivity contribution in [2.75, 3.05) is 18.4 Å². The van der Waals surface area contributed by atoms with Crippen molar-refractivity contribution in [3.63, 3.8) is 0 Å². The molecule has 0 bridgehead atoms. The van der Waals surface area contributed by atoms with E-state index >= 15 is 0 Å². The molecule has 1 N–H and O–H groups in total. The molecule has 0 aromatic heterocycles. The second-order valence-electron chi connectivity index (χ2n) is 5.82. The Labute approximate surface area is 135 Å². The molecule has 4 rings (SSSR count). The predicted molar refractivity (Wildman–Crippen MR) is 91.6 cm³/mol. The number of likely N-dealkylation sites (tertiary alicyclic amines) is 1. The molecule has 1 atom stereocenters. The smallest absolute Gasteiger partial charge is 0.199 e. The first kappa shape index (κ1) is 13.6. The van der Waals surface area contributed by atoms with Crippen molar-refractivity contribution in [1.29, 1.82) is 0 Å². The molecule has 0 radical (unpaired) electrons. The Morgan fingerprint density at radius 3 is 2.59 bits per heavy atom. The van der Waals surface area contributed by atoms with Gasteiger partial charge in [0.15, 0.2) is 5.96 Å². The molecule has 1 saturated heterocycles. The molecule has 3 nitrogen and oxygen atoms in total. The van der Waals surface area contributed by atoms with Crippen molar-refractivity contribution >= 4 is 23.2 Å². The van der Waals surface area contributed by atoms with Gasteiger partial charge in [-0.15, -0.1) is 0 Å². The molecule has 4 heteroatoms. The van der Waals surface area contributed by atoms with Gasteiger partial charge in [-0.2, -0.15) is 0 Å². The lowest BCUT2D eigenvalue weighted by molar-refractivity contribution is 0.510. The molecule has 2 aromatic rings. The number of nitrogens with zero attached hydrogens (tertiary/aromatic N) is 2. The van der Waals surface area contributed by atoms with E-state index in [2.05, 4.69) is 40.5 Å². The van der Waals surface area contributed by atoms with Crippen LogP contribution in [0.15, 0.2) is 53.5 Å². The number of halogens is 1. The molecule has 0 spiro atoms. The third-order valence-corrected chi connectivity index (χ3v) is 4.56. The van der Waals surface area contributed by atoms with Gasteiger partial charge in [0.1, 0.15) is 6.04 Å². The van der Waals surface area contributed by atoms with Crippen molar-refractivity contribution in [3.8, 4) is 0 Å². The van der Waals surface area contributed by atoms with Gasteiger partial charge in [0.2, 0.25) is 0 Å². The number of anilines is 1. The summed E-state index contributed by atoms with van der Waals surface area (Å²) in [5.74, 6) is 0.987. The van der Waals surface area contributed by atoms with E-state index in [9.17, 15) is 0 Å². The number of fused-ring (bicyclic) bond motifs is 1. The first-order valence-corrected chi connectivity index (χ1v) is 8.13. The van der Waals surface area contributed by atoms with Gasteiger partial charge in [-0.1, -0.05) is 41.9 Å². The average Bonchev–Trinajstić information content (AvgIpc) is 3.09. The van der Waals surface area contributed by atoms with Crippen LogP contribution in [0.2, 0.25) is 5.02 Å². The molecule has 112 valence electrons. The molecule has 2 aliphatic heterocycles. The Hall–Kier alpha value is -2.00. The second-order valence-corrected chi connectivity index (χ2v) is 6.25. The average molecular weight is 312 g/mol. The zero-order chi connectivity index (χ0) is 14.9. The van der Waals surface area contributed by atoms with E-state index in [0.717, 1.165) is 35.3 Å². The van der Waals surface area contributed by atoms with Crippen molar-refractivity contribution in [2.45, 2.75) is 18.9 Å². The summed E-state index contributed by atoms with van der Waals surface area (Å²) in [6, 6.07) is 16.4. The maximum atomic E-state index is 6.21. The standard InChI is InChI=1S/C18H18ClN3/c19-14-8-9-16-15(12-14)17(13-6-2-1-3-7-13)21-18(20-16)22-10-4-5-11-22/h1-3,6-9,12,17H,4-5,10-11H2,(H,20,21). The van der Waals surface area contributed by atoms with Crippen LogP contribution >= 0.6 is 11.6 Å². The molecule has 2 aromatic carbocycles. The van der Waals surface area contributed by atoms with E-state index in [1.165, 1.54) is 18.4 Å². The highest BCUT2D eigenvalue weighted by molar-refractivity contribution is 6.30. The molecule has 0 amide bonds. The van der Waals surface area contributed by atoms with Crippen LogP contribution in [-0.2, 0) is 0 Å². The summed E-state index contributed by atoms with van der Waals surface area (Å²) in [5, 5.41) is 4.23. The monoisotopic (exact) mass is 311 g/mol. The van der Waals surface area contributed by atoms with Crippen molar-refractivity contribution in [2.24, 2.45) is 4.99 Å². The molecule has 1 unspecified atom stereocenters. The molecule has 0 aliphatic carbocycles. The van der Waals surface area contributed by atoms with Crippen LogP contribution in [0.1, 0.15) is 30.0 Å². The fourth-order valence-electron chi connectivity index (χ4n) is 3.20. The van der Waals surface area contributed by atoms with Gasteiger partial charge in [-0.3, -0.25) is 0 Å². The second kappa shape index (κ2) is 5.65. The number of hydrogen-bond donors (Lipinski definition) is 1. The topological polar surface area (TPSA) is 27.6 Å². The third kappa shape index (κ3) is 2.46. The lowest BCUT2D eigenvalue weighted by Gasteiger charge is -2.30. The highest BCUT2D eigenvalue weighted by atomic mass is 35.5. The predicted octanol–water partition coefficient (Wildman–Crippen LogP) is 4.31. The number of benzene rings is 2. The SMILES string of the molecule is Clc1ccc2c(c1)C(c1ccccc1)N=C(N1CCCC1)N2. The van der Waals surface area contributed by atoms with Crippen molar-refractivity contribution in [1.82, 2.24) is 4.90 Å². The fourth-order valence-corrected chi connectivity index (χ4v) is 3.38. The zero-order valence-electron chi connectivity index (χ0n) is 12.3. The van der Waals surface area contributed by atoms with Crippen LogP contribution in [0.4, 0.5) is 5.69 Å². The van der Waals surface area contributed by atoms with E-state index in [0.29, 0.717) is 0 Å². The lowest BCUT2D eigenvalue weighted by Crippen LogP contribution is -2.36. The summed E-state index contributed by atoms with van der Waals surface area (Å²) in [5.41, 5.74) is 3.45. The van der Waals surface area contributed by atoms with E-state index in [1.807, 2.05) is 18.2 Å². The minimum Gasteiger partial charge on any atom is -0.343 e. The highest BCUT2D eigenvalue weighted by Gasteiger charge is 2.26. The summed E-state index contributed by atoms with van der Waals surface area (Å²) in [6.07, 6.45) is 2.48. The van der Waals surface area contributed by atoms with Crippen LogP contribution in [-0.4, -0.2) is 23.9 Å². The van der Waals surface area contributed by atoms with Gasteiger partial charge in [0.05, 0.1) is 0 Å². The summed E-state index contributed by atoms with van der Waals surface area (Å²) < 4.78 is 0. The van der Waals surface area contributed by atoms with Gasteiger partial charge in [0.25, 0.3) is 0 Å². The van der Waals surface area contributed by atoms with E-state index < -0.39 is 0 Å². The van der Waals surface area contributed by atoms with Gasteiger partial charge < -0.3 is 10.2 Å². The molecule has 2 aliphatic rings. The molecule has 0 saturated carbocycles. The van der Waals surface area contributed by atoms with Crippen LogP contribution in [0.5, 0.6) is 0 Å². The Balaban J connectivity index is 1.80. The summed E-state index contributed by atoms with van der Waals surface area (Å²) in [4.78, 5) is 7.33. The highest BCUT2D eigenvalue weighted by Crippen LogP contribution is 2.37. The van der Waals surface area contributed by atoms with Gasteiger partial charge >= 0.3 is 0 Å². The van der Waals surface area contributed by atoms with Crippen molar-refractivity contribution < 1.29 is 0 Å². The molecule has 2 heterocycles. The third-order valence-electron chi connectivity index (χ3n) is 4.33. The maximum absolute atomic E-state index is 6.21. The Bertz CT molecular complexity index is 706. The normalized spacial score (nSPS) is 20.3. The van der Waals surface area contributed by atoms with Crippen molar-refractivity contribution in [3.05, 3.63) is 64.7 Å². The quantitative estimate of drug-likeness (QED) is 0.850. The minimum absolute atomic E-state index is 0.00625. The summed E-state index contributed by atoms with van der Waals surface area (Å²) in [6.45, 7) is 2.16. The van der Waals surface area contributed by atoms with Crippen LogP contribution in [0, 0.1) is 0 Å². The fraction of sp³-hybridized carbons (Fsp3) is 0.278. The van der Waals surface area contributed by atoms with Gasteiger partial charge in [-0.25, -0.2) is 4.99 Å². The number of nitrogens with one attached hydrogen (secondary N) is 1. The number of guanidine groups is 1. The summed E-state index contributed by atoms with van der Waals surface area (Å²) >= 11 is 6.21. The van der Waals surface area contributed by atoms with E-state index in [4.69, 9.17) is 16.6 Å². The van der Waals surface area contributed by atoms with Crippen LogP contribution in [0.3, 0.4) is 0 Å². The molecule has 22 heavy (non-hydrogen) atoms. The van der Waals surface area contributed by atoms with E-state index in [-0.39, 0.29) is 6.04 Å². The first-order valence-electron chi connectivity index (χ1n) is 7.75. The van der Waals surface area contributed by atoms with E-state index in [1.54, 1.807) is 0 Å². The first-order chi connectivity index (χ1) is 10.8. The lowest BCUT2D eigenvalue weighted by atomic mass is 9.96. The number of aliphatic imine (C=N–C) groups is 1. The molecule has 1 fully saturated rings. The maximum Gasteiger partial charge on any atom is 0.199 e. The Kier molecular flexibility index (Phi) is 3.51. The molecular formula is C18H18ClN3. The Morgan fingerprint density at radius 1 is 1.05 bits per heavy atom. The van der Waals surface area contributed by atoms with Gasteiger partial charge in [0, 0.05) is 29.4 Å². The minimum atomic E-state index is 0.00625. The van der Waals surface area contributed by atoms with Crippen LogP contribution in [0.25, 0.3) is 0 Å². The number of hydrogen-bond acceptors (Lipinski definition) is 3. The zero-order valence-corrected chi connectivity index (χ0v) is 13.1.